The number of esters is 1. The van der Waals surface area contributed by atoms with E-state index >= 15 is 0 Å². The van der Waals surface area contributed by atoms with Gasteiger partial charge in [-0.2, -0.15) is 0 Å². The zero-order chi connectivity index (χ0) is 20.0. The number of carbonyl (C=O) groups excluding carboxylic acids is 1. The minimum Gasteiger partial charge on any atom is -0.481 e. The van der Waals surface area contributed by atoms with Crippen LogP contribution in [-0.4, -0.2) is 23.7 Å². The second-order valence-corrected chi connectivity index (χ2v) is 10.1. The summed E-state index contributed by atoms with van der Waals surface area (Å²) in [5.41, 5.74) is 1.13. The lowest BCUT2D eigenvalue weighted by Crippen LogP contribution is -2.52. The maximum absolute atomic E-state index is 12.5. The Bertz CT molecular complexity index is 626. The molecule has 3 aliphatic carbocycles. The summed E-state index contributed by atoms with van der Waals surface area (Å²) in [5, 5.41) is 10.2. The van der Waals surface area contributed by atoms with E-state index < -0.39 is 5.97 Å². The van der Waals surface area contributed by atoms with Gasteiger partial charge in [-0.3, -0.25) is 9.59 Å². The lowest BCUT2D eigenvalue weighted by atomic mass is 9.49. The molecule has 0 heterocycles. The fourth-order valence-electron chi connectivity index (χ4n) is 6.73. The standard InChI is InChI=1S/C23H36O4/c1-14-8-10-23(5,17(12-14)13-27-16(3)24)19-9-11-22(4)15(2)6-7-18(22)20(19)21(25)26/h14,17-20H,2,6-13H2,1,3-5H3,(H,25,26)/t14-,17+,18-,19-,20-,22+,23-/m0/s1. The maximum Gasteiger partial charge on any atom is 0.307 e. The van der Waals surface area contributed by atoms with Crippen molar-refractivity contribution in [1.82, 2.24) is 0 Å². The predicted molar refractivity (Wildman–Crippen MR) is 105 cm³/mol. The van der Waals surface area contributed by atoms with Gasteiger partial charge in [0.2, 0.25) is 0 Å². The Kier molecular flexibility index (Phi) is 5.48. The molecule has 0 bridgehead atoms. The van der Waals surface area contributed by atoms with E-state index in [9.17, 15) is 14.7 Å². The molecule has 0 spiro atoms. The van der Waals surface area contributed by atoms with E-state index in [-0.39, 0.29) is 40.5 Å². The van der Waals surface area contributed by atoms with Crippen LogP contribution in [0, 0.1) is 40.4 Å². The second-order valence-electron chi connectivity index (χ2n) is 10.1. The summed E-state index contributed by atoms with van der Waals surface area (Å²) in [7, 11) is 0. The highest BCUT2D eigenvalue weighted by atomic mass is 16.5. The highest BCUT2D eigenvalue weighted by molar-refractivity contribution is 5.71. The molecule has 27 heavy (non-hydrogen) atoms. The first-order chi connectivity index (χ1) is 12.6. The number of ether oxygens (including phenoxy) is 1. The second kappa shape index (κ2) is 7.25. The summed E-state index contributed by atoms with van der Waals surface area (Å²) in [6.07, 6.45) is 7.05. The quantitative estimate of drug-likeness (QED) is 0.549. The third-order valence-electron chi connectivity index (χ3n) is 8.64. The van der Waals surface area contributed by atoms with Crippen LogP contribution in [0.15, 0.2) is 12.2 Å². The summed E-state index contributed by atoms with van der Waals surface area (Å²) >= 11 is 0. The largest absolute Gasteiger partial charge is 0.481 e. The number of aliphatic carboxylic acids is 1. The summed E-state index contributed by atoms with van der Waals surface area (Å²) in [4.78, 5) is 23.9. The topological polar surface area (TPSA) is 63.6 Å². The first-order valence-electron chi connectivity index (χ1n) is 10.6. The van der Waals surface area contributed by atoms with E-state index in [0.717, 1.165) is 44.9 Å². The van der Waals surface area contributed by atoms with Crippen LogP contribution in [0.5, 0.6) is 0 Å². The van der Waals surface area contributed by atoms with Gasteiger partial charge >= 0.3 is 11.9 Å². The van der Waals surface area contributed by atoms with Crippen LogP contribution in [0.3, 0.4) is 0 Å². The average molecular weight is 377 g/mol. The number of carboxylic acid groups (broad SMARTS) is 1. The van der Waals surface area contributed by atoms with Crippen molar-refractivity contribution in [1.29, 1.82) is 0 Å². The van der Waals surface area contributed by atoms with Gasteiger partial charge in [-0.15, -0.1) is 0 Å². The molecular formula is C23H36O4. The van der Waals surface area contributed by atoms with Crippen LogP contribution in [0.2, 0.25) is 0 Å². The van der Waals surface area contributed by atoms with E-state index in [1.165, 1.54) is 12.5 Å². The monoisotopic (exact) mass is 376 g/mol. The molecule has 0 aromatic heterocycles. The first-order valence-corrected chi connectivity index (χ1v) is 10.6. The summed E-state index contributed by atoms with van der Waals surface area (Å²) in [6, 6.07) is 0. The van der Waals surface area contributed by atoms with Crippen LogP contribution in [0.25, 0.3) is 0 Å². The van der Waals surface area contributed by atoms with Crippen molar-refractivity contribution in [2.24, 2.45) is 40.4 Å². The van der Waals surface area contributed by atoms with Crippen LogP contribution >= 0.6 is 0 Å². The van der Waals surface area contributed by atoms with Crippen LogP contribution in [-0.2, 0) is 14.3 Å². The molecule has 1 N–H and O–H groups in total. The summed E-state index contributed by atoms with van der Waals surface area (Å²) in [6.45, 7) is 12.9. The van der Waals surface area contributed by atoms with Gasteiger partial charge in [-0.05, 0) is 73.0 Å². The number of hydrogen-bond acceptors (Lipinski definition) is 3. The van der Waals surface area contributed by atoms with Crippen LogP contribution < -0.4 is 0 Å². The normalized spacial score (nSPS) is 44.6. The Balaban J connectivity index is 1.92. The van der Waals surface area contributed by atoms with Gasteiger partial charge in [0.15, 0.2) is 0 Å². The molecule has 4 heteroatoms. The molecule has 4 nitrogen and oxygen atoms in total. The Morgan fingerprint density at radius 3 is 2.52 bits per heavy atom. The van der Waals surface area contributed by atoms with Crippen molar-refractivity contribution >= 4 is 11.9 Å². The Labute approximate surface area is 163 Å². The molecule has 3 fully saturated rings. The van der Waals surface area contributed by atoms with Gasteiger partial charge < -0.3 is 9.84 Å². The average Bonchev–Trinajstić information content (AvgIpc) is 2.90. The van der Waals surface area contributed by atoms with Crippen molar-refractivity contribution in [3.8, 4) is 0 Å². The number of carbonyl (C=O) groups is 2. The zero-order valence-corrected chi connectivity index (χ0v) is 17.4. The smallest absolute Gasteiger partial charge is 0.307 e. The van der Waals surface area contributed by atoms with Crippen molar-refractivity contribution in [2.75, 3.05) is 6.61 Å². The number of hydrogen-bond donors (Lipinski definition) is 1. The molecule has 0 amide bonds. The van der Waals surface area contributed by atoms with Crippen molar-refractivity contribution in [3.05, 3.63) is 12.2 Å². The number of rotatable bonds is 4. The minimum absolute atomic E-state index is 0.0245. The van der Waals surface area contributed by atoms with Gasteiger partial charge in [0, 0.05) is 6.92 Å². The molecule has 0 unspecified atom stereocenters. The van der Waals surface area contributed by atoms with Gasteiger partial charge in [-0.25, -0.2) is 0 Å². The molecule has 3 saturated carbocycles. The van der Waals surface area contributed by atoms with Crippen LogP contribution in [0.1, 0.15) is 72.6 Å². The highest BCUT2D eigenvalue weighted by Crippen LogP contribution is 2.63. The maximum atomic E-state index is 12.5. The highest BCUT2D eigenvalue weighted by Gasteiger charge is 2.59. The number of allylic oxidation sites excluding steroid dienone is 1. The van der Waals surface area contributed by atoms with Gasteiger partial charge in [0.25, 0.3) is 0 Å². The van der Waals surface area contributed by atoms with E-state index in [1.807, 2.05) is 0 Å². The Morgan fingerprint density at radius 1 is 1.19 bits per heavy atom. The van der Waals surface area contributed by atoms with E-state index in [2.05, 4.69) is 27.4 Å². The molecule has 3 rings (SSSR count). The fraction of sp³-hybridized carbons (Fsp3) is 0.826. The molecule has 0 aromatic rings. The molecule has 0 radical (unpaired) electrons. The Morgan fingerprint density at radius 2 is 1.89 bits per heavy atom. The minimum atomic E-state index is -0.642. The molecule has 7 atom stereocenters. The number of fused-ring (bicyclic) bond motifs is 1. The first kappa shape index (κ1) is 20.4. The van der Waals surface area contributed by atoms with Gasteiger partial charge in [0.1, 0.15) is 0 Å². The Hall–Kier alpha value is -1.32. The third-order valence-corrected chi connectivity index (χ3v) is 8.64. The van der Waals surface area contributed by atoms with Crippen LogP contribution in [0.4, 0.5) is 0 Å². The lowest BCUT2D eigenvalue weighted by Gasteiger charge is -2.55. The van der Waals surface area contributed by atoms with Crippen molar-refractivity contribution < 1.29 is 19.4 Å². The molecule has 152 valence electrons. The predicted octanol–water partition coefficient (Wildman–Crippen LogP) is 5.08. The summed E-state index contributed by atoms with van der Waals surface area (Å²) < 4.78 is 5.43. The molecule has 3 aliphatic rings. The molecular weight excluding hydrogens is 340 g/mol. The van der Waals surface area contributed by atoms with E-state index in [1.54, 1.807) is 0 Å². The zero-order valence-electron chi connectivity index (χ0n) is 17.4. The third kappa shape index (κ3) is 3.45. The summed E-state index contributed by atoms with van der Waals surface area (Å²) in [5.74, 6) is -0.0292. The van der Waals surface area contributed by atoms with E-state index in [0.29, 0.717) is 12.5 Å². The SMILES string of the molecule is C=C1CC[C@H]2[C@H](C(=O)O)[C@@H]([C@@]3(C)CC[C@H](C)C[C@@H]3COC(C)=O)CC[C@]12C. The molecule has 0 saturated heterocycles. The molecule has 0 aliphatic heterocycles. The fourth-order valence-corrected chi connectivity index (χ4v) is 6.73. The lowest BCUT2D eigenvalue weighted by molar-refractivity contribution is -0.162. The van der Waals surface area contributed by atoms with Gasteiger partial charge in [-0.1, -0.05) is 39.3 Å². The van der Waals surface area contributed by atoms with Gasteiger partial charge in [0.05, 0.1) is 12.5 Å². The van der Waals surface area contributed by atoms with Crippen molar-refractivity contribution in [2.45, 2.75) is 72.6 Å². The number of carboxylic acids is 1. The molecule has 0 aromatic carbocycles. The van der Waals surface area contributed by atoms with E-state index in [4.69, 9.17) is 4.74 Å². The van der Waals surface area contributed by atoms with Crippen molar-refractivity contribution in [3.63, 3.8) is 0 Å².